The van der Waals surface area contributed by atoms with Gasteiger partial charge in [0.15, 0.2) is 0 Å². The van der Waals surface area contributed by atoms with Gasteiger partial charge in [-0.3, -0.25) is 9.98 Å². The smallest absolute Gasteiger partial charge is 0.145 e. The van der Waals surface area contributed by atoms with E-state index in [-0.39, 0.29) is 5.25 Å². The average molecular weight is 334 g/mol. The van der Waals surface area contributed by atoms with Gasteiger partial charge in [-0.15, -0.1) is 0 Å². The molecule has 2 aliphatic heterocycles. The standard InChI is InChI=1S/C20H18N2OS/c1-2-19-22-13-16(20(24-19)14-6-4-3-5-7-14)15-8-9-18-17(12-15)21-10-11-23-18/h3-10,12-13,20H,2,11H2,1H3. The Morgan fingerprint density at radius 2 is 2.04 bits per heavy atom. The summed E-state index contributed by atoms with van der Waals surface area (Å²) in [4.78, 5) is 9.10. The van der Waals surface area contributed by atoms with Gasteiger partial charge in [0, 0.05) is 12.4 Å². The van der Waals surface area contributed by atoms with Crippen LogP contribution in [0.25, 0.3) is 5.57 Å². The van der Waals surface area contributed by atoms with E-state index in [0.29, 0.717) is 6.61 Å². The quantitative estimate of drug-likeness (QED) is 0.751. The molecule has 3 nitrogen and oxygen atoms in total. The minimum Gasteiger partial charge on any atom is -0.486 e. The Labute approximate surface area is 146 Å². The van der Waals surface area contributed by atoms with Gasteiger partial charge in [-0.25, -0.2) is 0 Å². The highest BCUT2D eigenvalue weighted by Crippen LogP contribution is 2.46. The van der Waals surface area contributed by atoms with Gasteiger partial charge >= 0.3 is 0 Å². The summed E-state index contributed by atoms with van der Waals surface area (Å²) in [7, 11) is 0. The molecule has 4 rings (SSSR count). The minimum atomic E-state index is 0.255. The van der Waals surface area contributed by atoms with E-state index in [4.69, 9.17) is 4.74 Å². The average Bonchev–Trinajstić information content (AvgIpc) is 2.68. The summed E-state index contributed by atoms with van der Waals surface area (Å²) in [5.74, 6) is 0.847. The van der Waals surface area contributed by atoms with Crippen molar-refractivity contribution >= 4 is 34.3 Å². The Morgan fingerprint density at radius 3 is 2.88 bits per heavy atom. The molecule has 0 saturated heterocycles. The summed E-state index contributed by atoms with van der Waals surface area (Å²) in [5.41, 5.74) is 4.55. The van der Waals surface area contributed by atoms with Crippen LogP contribution in [0.4, 0.5) is 5.69 Å². The molecule has 0 radical (unpaired) electrons. The third-order valence-corrected chi connectivity index (χ3v) is 5.55. The van der Waals surface area contributed by atoms with Crippen molar-refractivity contribution in [2.45, 2.75) is 18.6 Å². The third-order valence-electron chi connectivity index (χ3n) is 4.12. The Morgan fingerprint density at radius 1 is 1.17 bits per heavy atom. The number of nitrogens with zero attached hydrogens (tertiary/aromatic N) is 2. The van der Waals surface area contributed by atoms with Crippen molar-refractivity contribution < 1.29 is 4.74 Å². The van der Waals surface area contributed by atoms with Crippen LogP contribution in [0.2, 0.25) is 0 Å². The van der Waals surface area contributed by atoms with Gasteiger partial charge in [-0.2, -0.15) is 0 Å². The number of ether oxygens (including phenoxy) is 1. The number of benzene rings is 2. The predicted molar refractivity (Wildman–Crippen MR) is 103 cm³/mol. The fourth-order valence-electron chi connectivity index (χ4n) is 2.90. The molecule has 0 spiro atoms. The Bertz CT molecular complexity index is 840. The summed E-state index contributed by atoms with van der Waals surface area (Å²) in [5, 5.41) is 1.43. The van der Waals surface area contributed by atoms with E-state index >= 15 is 0 Å². The van der Waals surface area contributed by atoms with Crippen molar-refractivity contribution in [1.29, 1.82) is 0 Å². The zero-order valence-corrected chi connectivity index (χ0v) is 14.3. The molecule has 4 heteroatoms. The number of rotatable bonds is 3. The molecule has 2 heterocycles. The lowest BCUT2D eigenvalue weighted by atomic mass is 9.97. The first kappa shape index (κ1) is 15.2. The van der Waals surface area contributed by atoms with Crippen molar-refractivity contribution in [1.82, 2.24) is 0 Å². The van der Waals surface area contributed by atoms with Crippen LogP contribution in [0, 0.1) is 0 Å². The van der Waals surface area contributed by atoms with E-state index in [1.54, 1.807) is 6.21 Å². The Kier molecular flexibility index (Phi) is 4.22. The summed E-state index contributed by atoms with van der Waals surface area (Å²) in [6, 6.07) is 16.8. The lowest BCUT2D eigenvalue weighted by Crippen LogP contribution is -2.07. The van der Waals surface area contributed by atoms with Crippen LogP contribution in [0.15, 0.2) is 64.7 Å². The van der Waals surface area contributed by atoms with E-state index in [1.807, 2.05) is 24.0 Å². The van der Waals surface area contributed by atoms with Crippen LogP contribution in [0.3, 0.4) is 0 Å². The van der Waals surface area contributed by atoms with Gasteiger partial charge in [-0.1, -0.05) is 55.1 Å². The molecule has 0 amide bonds. The zero-order valence-electron chi connectivity index (χ0n) is 13.5. The highest BCUT2D eigenvalue weighted by Gasteiger charge is 2.24. The van der Waals surface area contributed by atoms with Crippen LogP contribution in [0.5, 0.6) is 5.75 Å². The number of thioether (sulfide) groups is 1. The van der Waals surface area contributed by atoms with Crippen LogP contribution in [-0.2, 0) is 0 Å². The molecule has 2 aromatic rings. The zero-order chi connectivity index (χ0) is 16.4. The highest BCUT2D eigenvalue weighted by molar-refractivity contribution is 8.14. The van der Waals surface area contributed by atoms with Gasteiger partial charge in [0.25, 0.3) is 0 Å². The first-order chi connectivity index (χ1) is 11.8. The van der Waals surface area contributed by atoms with Crippen LogP contribution >= 0.6 is 11.8 Å². The molecule has 0 aromatic heterocycles. The van der Waals surface area contributed by atoms with E-state index < -0.39 is 0 Å². The van der Waals surface area contributed by atoms with E-state index in [0.717, 1.165) is 23.4 Å². The normalized spacial score (nSPS) is 19.1. The van der Waals surface area contributed by atoms with E-state index in [2.05, 4.69) is 59.4 Å². The van der Waals surface area contributed by atoms with Crippen molar-refractivity contribution in [3.05, 3.63) is 65.9 Å². The number of hydrogen-bond acceptors (Lipinski definition) is 4. The maximum Gasteiger partial charge on any atom is 0.145 e. The molecule has 0 aliphatic carbocycles. The molecule has 0 bridgehead atoms. The fourth-order valence-corrected chi connectivity index (χ4v) is 4.07. The Balaban J connectivity index is 1.77. The van der Waals surface area contributed by atoms with Crippen LogP contribution < -0.4 is 4.74 Å². The largest absolute Gasteiger partial charge is 0.486 e. The molecule has 0 saturated carbocycles. The summed E-state index contributed by atoms with van der Waals surface area (Å²) in [6.07, 6.45) is 4.78. The van der Waals surface area contributed by atoms with Gasteiger partial charge < -0.3 is 4.74 Å². The molecule has 1 atom stereocenters. The van der Waals surface area contributed by atoms with Gasteiger partial charge in [-0.05, 0) is 35.3 Å². The molecule has 0 N–H and O–H groups in total. The number of aliphatic imine (C=N–C) groups is 2. The van der Waals surface area contributed by atoms with Crippen molar-refractivity contribution in [2.24, 2.45) is 9.98 Å². The SMILES string of the molecule is CCC1=NC=C(c2ccc3c(c2)N=CCO3)C(c2ccccc2)S1. The maximum atomic E-state index is 5.61. The predicted octanol–water partition coefficient (Wildman–Crippen LogP) is 5.42. The lowest BCUT2D eigenvalue weighted by Gasteiger charge is -2.25. The lowest BCUT2D eigenvalue weighted by molar-refractivity contribution is 0.377. The second kappa shape index (κ2) is 6.65. The Hall–Kier alpha value is -2.33. The molecule has 2 aliphatic rings. The highest BCUT2D eigenvalue weighted by atomic mass is 32.2. The van der Waals surface area contributed by atoms with Gasteiger partial charge in [0.05, 0.1) is 10.3 Å². The monoisotopic (exact) mass is 334 g/mol. The topological polar surface area (TPSA) is 34.0 Å². The van der Waals surface area contributed by atoms with Crippen LogP contribution in [0.1, 0.15) is 29.7 Å². The van der Waals surface area contributed by atoms with Crippen molar-refractivity contribution in [2.75, 3.05) is 6.61 Å². The first-order valence-electron chi connectivity index (χ1n) is 8.13. The van der Waals surface area contributed by atoms with Gasteiger partial charge in [0.2, 0.25) is 0 Å². The summed E-state index contributed by atoms with van der Waals surface area (Å²) >= 11 is 1.84. The molecule has 1 unspecified atom stereocenters. The van der Waals surface area contributed by atoms with Crippen molar-refractivity contribution in [3.8, 4) is 5.75 Å². The van der Waals surface area contributed by atoms with Gasteiger partial charge in [0.1, 0.15) is 18.0 Å². The fraction of sp³-hybridized carbons (Fsp3) is 0.200. The number of hydrogen-bond donors (Lipinski definition) is 0. The second-order valence-corrected chi connectivity index (χ2v) is 6.85. The van der Waals surface area contributed by atoms with E-state index in [9.17, 15) is 0 Å². The minimum absolute atomic E-state index is 0.255. The molecular weight excluding hydrogens is 316 g/mol. The summed E-state index contributed by atoms with van der Waals surface area (Å²) in [6.45, 7) is 2.69. The summed E-state index contributed by atoms with van der Waals surface area (Å²) < 4.78 is 5.61. The molecule has 2 aromatic carbocycles. The van der Waals surface area contributed by atoms with E-state index in [1.165, 1.54) is 16.2 Å². The van der Waals surface area contributed by atoms with Crippen molar-refractivity contribution in [3.63, 3.8) is 0 Å². The molecule has 120 valence electrons. The first-order valence-corrected chi connectivity index (χ1v) is 9.01. The molecule has 0 fully saturated rings. The number of fused-ring (bicyclic) bond motifs is 1. The molecular formula is C20H18N2OS. The van der Waals surface area contributed by atoms with Crippen LogP contribution in [-0.4, -0.2) is 17.9 Å². The second-order valence-electron chi connectivity index (χ2n) is 5.67. The maximum absolute atomic E-state index is 5.61. The third kappa shape index (κ3) is 2.89. The molecule has 24 heavy (non-hydrogen) atoms.